The van der Waals surface area contributed by atoms with Gasteiger partial charge in [-0.3, -0.25) is 4.79 Å². The second kappa shape index (κ2) is 8.68. The lowest BCUT2D eigenvalue weighted by Crippen LogP contribution is -2.22. The number of thiocarbonyl (C=S) groups is 1. The molecule has 0 aromatic heterocycles. The number of carbonyl (C=O) groups is 1. The van der Waals surface area contributed by atoms with Crippen LogP contribution in [0.3, 0.4) is 0 Å². The Kier molecular flexibility index (Phi) is 8.33. The molecule has 0 fully saturated rings. The summed E-state index contributed by atoms with van der Waals surface area (Å²) in [6.45, 7) is 9.37. The predicted molar refractivity (Wildman–Crippen MR) is 70.2 cm³/mol. The van der Waals surface area contributed by atoms with Crippen LogP contribution in [0.2, 0.25) is 0 Å². The van der Waals surface area contributed by atoms with Crippen LogP contribution in [0.1, 0.15) is 13.3 Å². The molecule has 84 valence electrons. The SMILES string of the molecule is C=CCSC(=S)C(CC=C)C(=O)OCC. The first-order valence-corrected chi connectivity index (χ1v) is 6.11. The summed E-state index contributed by atoms with van der Waals surface area (Å²) in [5.74, 6) is 0.0904. The zero-order chi connectivity index (χ0) is 11.7. The maximum atomic E-state index is 11.5. The van der Waals surface area contributed by atoms with Gasteiger partial charge in [0.25, 0.3) is 0 Å². The van der Waals surface area contributed by atoms with Crippen molar-refractivity contribution in [1.82, 2.24) is 0 Å². The molecule has 0 bridgehead atoms. The van der Waals surface area contributed by atoms with E-state index in [1.807, 2.05) is 0 Å². The number of thioether (sulfide) groups is 1. The van der Waals surface area contributed by atoms with Crippen LogP contribution in [0.15, 0.2) is 25.3 Å². The van der Waals surface area contributed by atoms with Crippen LogP contribution in [0, 0.1) is 5.92 Å². The van der Waals surface area contributed by atoms with Crippen LogP contribution >= 0.6 is 24.0 Å². The molecule has 15 heavy (non-hydrogen) atoms. The summed E-state index contributed by atoms with van der Waals surface area (Å²) < 4.78 is 5.59. The minimum absolute atomic E-state index is 0.265. The molecule has 0 radical (unpaired) electrons. The van der Waals surface area contributed by atoms with Gasteiger partial charge < -0.3 is 4.74 Å². The Labute approximate surface area is 101 Å². The number of rotatable bonds is 7. The average Bonchev–Trinajstić information content (AvgIpc) is 2.22. The van der Waals surface area contributed by atoms with Crippen LogP contribution in [-0.2, 0) is 9.53 Å². The molecule has 0 saturated carbocycles. The fraction of sp³-hybridized carbons (Fsp3) is 0.455. The Morgan fingerprint density at radius 1 is 1.53 bits per heavy atom. The van der Waals surface area contributed by atoms with E-state index in [4.69, 9.17) is 17.0 Å². The third-order valence-corrected chi connectivity index (χ3v) is 3.21. The summed E-state index contributed by atoms with van der Waals surface area (Å²) in [7, 11) is 0. The van der Waals surface area contributed by atoms with Gasteiger partial charge in [0.05, 0.1) is 10.8 Å². The molecule has 4 heteroatoms. The Hall–Kier alpha value is -0.610. The molecule has 0 saturated heterocycles. The van der Waals surface area contributed by atoms with Crippen molar-refractivity contribution < 1.29 is 9.53 Å². The van der Waals surface area contributed by atoms with E-state index in [2.05, 4.69) is 13.2 Å². The fourth-order valence-corrected chi connectivity index (χ4v) is 2.01. The van der Waals surface area contributed by atoms with E-state index in [1.54, 1.807) is 19.1 Å². The number of hydrogen-bond donors (Lipinski definition) is 0. The largest absolute Gasteiger partial charge is 0.465 e. The highest BCUT2D eigenvalue weighted by Crippen LogP contribution is 2.19. The lowest BCUT2D eigenvalue weighted by molar-refractivity contribution is -0.145. The summed E-state index contributed by atoms with van der Waals surface area (Å²) in [5, 5.41) is 0. The van der Waals surface area contributed by atoms with Crippen molar-refractivity contribution >= 4 is 34.1 Å². The first-order valence-electron chi connectivity index (χ1n) is 4.72. The van der Waals surface area contributed by atoms with E-state index in [-0.39, 0.29) is 11.9 Å². The van der Waals surface area contributed by atoms with E-state index >= 15 is 0 Å². The summed E-state index contributed by atoms with van der Waals surface area (Å²) >= 11 is 6.61. The van der Waals surface area contributed by atoms with Gasteiger partial charge in [-0.2, -0.15) is 0 Å². The van der Waals surface area contributed by atoms with E-state index in [0.29, 0.717) is 23.0 Å². The minimum Gasteiger partial charge on any atom is -0.465 e. The smallest absolute Gasteiger partial charge is 0.315 e. The maximum absolute atomic E-state index is 11.5. The first-order chi connectivity index (χ1) is 7.17. The van der Waals surface area contributed by atoms with Crippen molar-refractivity contribution in [2.75, 3.05) is 12.4 Å². The van der Waals surface area contributed by atoms with E-state index < -0.39 is 0 Å². The summed E-state index contributed by atoms with van der Waals surface area (Å²) in [6, 6.07) is 0. The van der Waals surface area contributed by atoms with Crippen molar-refractivity contribution in [3.05, 3.63) is 25.3 Å². The summed E-state index contributed by atoms with van der Waals surface area (Å²) in [4.78, 5) is 11.5. The number of esters is 1. The predicted octanol–water partition coefficient (Wildman–Crippen LogP) is 2.99. The maximum Gasteiger partial charge on any atom is 0.315 e. The third-order valence-electron chi connectivity index (χ3n) is 1.60. The quantitative estimate of drug-likeness (QED) is 0.391. The average molecular weight is 244 g/mol. The van der Waals surface area contributed by atoms with E-state index in [9.17, 15) is 4.79 Å². The lowest BCUT2D eigenvalue weighted by Gasteiger charge is -2.13. The van der Waals surface area contributed by atoms with E-state index in [0.717, 1.165) is 0 Å². The highest BCUT2D eigenvalue weighted by Gasteiger charge is 2.23. The van der Waals surface area contributed by atoms with Gasteiger partial charge in [-0.25, -0.2) is 0 Å². The highest BCUT2D eigenvalue weighted by molar-refractivity contribution is 8.23. The molecule has 0 N–H and O–H groups in total. The van der Waals surface area contributed by atoms with Gasteiger partial charge >= 0.3 is 5.97 Å². The van der Waals surface area contributed by atoms with Gasteiger partial charge in [0, 0.05) is 5.75 Å². The van der Waals surface area contributed by atoms with Gasteiger partial charge in [-0.15, -0.1) is 24.9 Å². The van der Waals surface area contributed by atoms with Crippen LogP contribution in [0.5, 0.6) is 0 Å². The molecule has 0 aromatic rings. The first kappa shape index (κ1) is 14.4. The second-order valence-corrected chi connectivity index (χ2v) is 4.51. The Morgan fingerprint density at radius 3 is 2.67 bits per heavy atom. The third kappa shape index (κ3) is 5.74. The van der Waals surface area contributed by atoms with Gasteiger partial charge in [-0.05, 0) is 13.3 Å². The fourth-order valence-electron chi connectivity index (χ4n) is 0.940. The zero-order valence-electron chi connectivity index (χ0n) is 8.90. The van der Waals surface area contributed by atoms with Crippen molar-refractivity contribution in [3.63, 3.8) is 0 Å². The Bertz CT molecular complexity index is 249. The highest BCUT2D eigenvalue weighted by atomic mass is 32.2. The molecule has 2 nitrogen and oxygen atoms in total. The normalized spacial score (nSPS) is 11.5. The van der Waals surface area contributed by atoms with Gasteiger partial charge in [0.2, 0.25) is 0 Å². The van der Waals surface area contributed by atoms with Crippen molar-refractivity contribution in [2.24, 2.45) is 5.92 Å². The number of ether oxygens (including phenoxy) is 1. The number of hydrogen-bond acceptors (Lipinski definition) is 4. The molecule has 0 aliphatic heterocycles. The van der Waals surface area contributed by atoms with Crippen molar-refractivity contribution in [3.8, 4) is 0 Å². The van der Waals surface area contributed by atoms with Crippen molar-refractivity contribution in [2.45, 2.75) is 13.3 Å². The molecule has 1 atom stereocenters. The van der Waals surface area contributed by atoms with Crippen molar-refractivity contribution in [1.29, 1.82) is 0 Å². The standard InChI is InChI=1S/C11H16O2S2/c1-4-7-9(10(12)13-6-3)11(14)15-8-5-2/h4-5,9H,1-2,6-8H2,3H3. The molecular formula is C11H16O2S2. The van der Waals surface area contributed by atoms with Crippen LogP contribution in [-0.4, -0.2) is 22.5 Å². The molecule has 0 amide bonds. The molecule has 0 rings (SSSR count). The molecule has 0 aromatic carbocycles. The zero-order valence-corrected chi connectivity index (χ0v) is 10.5. The number of carbonyl (C=O) groups excluding carboxylic acids is 1. The van der Waals surface area contributed by atoms with Gasteiger partial charge in [0.15, 0.2) is 0 Å². The Morgan fingerprint density at radius 2 is 2.20 bits per heavy atom. The van der Waals surface area contributed by atoms with Crippen LogP contribution in [0.4, 0.5) is 0 Å². The molecular weight excluding hydrogens is 228 g/mol. The minimum atomic E-state index is -0.359. The van der Waals surface area contributed by atoms with Crippen LogP contribution in [0.25, 0.3) is 0 Å². The van der Waals surface area contributed by atoms with Gasteiger partial charge in [-0.1, -0.05) is 24.4 Å². The molecule has 0 aliphatic rings. The molecule has 1 unspecified atom stereocenters. The summed E-state index contributed by atoms with van der Waals surface area (Å²) in [5.41, 5.74) is 0. The molecule has 0 heterocycles. The van der Waals surface area contributed by atoms with E-state index in [1.165, 1.54) is 11.8 Å². The summed E-state index contributed by atoms with van der Waals surface area (Å²) in [6.07, 6.45) is 3.97. The number of allylic oxidation sites excluding steroid dienone is 1. The lowest BCUT2D eigenvalue weighted by atomic mass is 10.1. The van der Waals surface area contributed by atoms with Crippen LogP contribution < -0.4 is 0 Å². The molecule has 0 spiro atoms. The second-order valence-electron chi connectivity index (χ2n) is 2.75. The van der Waals surface area contributed by atoms with Gasteiger partial charge in [0.1, 0.15) is 5.92 Å². The molecule has 0 aliphatic carbocycles. The monoisotopic (exact) mass is 244 g/mol. The topological polar surface area (TPSA) is 26.3 Å². The Balaban J connectivity index is 4.35.